The molecule has 140 valence electrons. The number of aryl methyl sites for hydroxylation is 2. The largest absolute Gasteiger partial charge is 0.476 e. The van der Waals surface area contributed by atoms with E-state index in [1.54, 1.807) is 12.4 Å². The fourth-order valence-electron chi connectivity index (χ4n) is 2.92. The van der Waals surface area contributed by atoms with Gasteiger partial charge in [0, 0.05) is 31.5 Å². The van der Waals surface area contributed by atoms with Crippen molar-refractivity contribution in [2.24, 2.45) is 5.92 Å². The molecule has 0 atom stereocenters. The number of nitrogens with zero attached hydrogens (tertiary/aromatic N) is 5. The van der Waals surface area contributed by atoms with E-state index < -0.39 is 11.9 Å². The molecule has 0 aliphatic carbocycles. The summed E-state index contributed by atoms with van der Waals surface area (Å²) in [6.07, 6.45) is 0.344. The van der Waals surface area contributed by atoms with Gasteiger partial charge < -0.3 is 9.64 Å². The minimum atomic E-state index is -4.47. The third-order valence-corrected chi connectivity index (χ3v) is 4.35. The van der Waals surface area contributed by atoms with Gasteiger partial charge in [-0.2, -0.15) is 13.2 Å². The van der Waals surface area contributed by atoms with Crippen molar-refractivity contribution < 1.29 is 17.9 Å². The van der Waals surface area contributed by atoms with Gasteiger partial charge in [0.1, 0.15) is 17.3 Å². The lowest BCUT2D eigenvalue weighted by molar-refractivity contribution is -0.141. The standard InChI is InChI=1S/C17H20F3N5O/c1-11-16(22-6-5-21-11)26-10-13-3-7-25(8-4-13)15-9-14(17(18,19)20)23-12(2)24-15/h5-6,9,13H,3-4,7-8,10H2,1-2H3. The topological polar surface area (TPSA) is 64.0 Å². The molecule has 1 saturated heterocycles. The molecule has 0 saturated carbocycles. The number of anilines is 1. The molecule has 9 heteroatoms. The van der Waals surface area contributed by atoms with Crippen LogP contribution in [0.15, 0.2) is 18.5 Å². The number of aromatic nitrogens is 4. The summed E-state index contributed by atoms with van der Waals surface area (Å²) < 4.78 is 44.5. The highest BCUT2D eigenvalue weighted by Crippen LogP contribution is 2.31. The summed E-state index contributed by atoms with van der Waals surface area (Å²) in [4.78, 5) is 17.8. The summed E-state index contributed by atoms with van der Waals surface area (Å²) in [7, 11) is 0. The summed E-state index contributed by atoms with van der Waals surface area (Å²) in [6.45, 7) is 5.08. The van der Waals surface area contributed by atoms with Gasteiger partial charge in [-0.3, -0.25) is 4.98 Å². The summed E-state index contributed by atoms with van der Waals surface area (Å²) in [5.41, 5.74) is -0.162. The van der Waals surface area contributed by atoms with E-state index in [-0.39, 0.29) is 5.82 Å². The van der Waals surface area contributed by atoms with Crippen LogP contribution in [0.1, 0.15) is 30.1 Å². The second-order valence-corrected chi connectivity index (χ2v) is 6.34. The lowest BCUT2D eigenvalue weighted by Crippen LogP contribution is -2.36. The molecule has 0 spiro atoms. The van der Waals surface area contributed by atoms with Crippen LogP contribution >= 0.6 is 0 Å². The maximum atomic E-state index is 12.9. The summed E-state index contributed by atoms with van der Waals surface area (Å²) in [5.74, 6) is 1.29. The molecule has 2 aromatic heterocycles. The van der Waals surface area contributed by atoms with Crippen LogP contribution in [0.25, 0.3) is 0 Å². The minimum absolute atomic E-state index is 0.124. The Kier molecular flexibility index (Phi) is 5.24. The molecule has 1 aliphatic rings. The number of hydrogen-bond acceptors (Lipinski definition) is 6. The van der Waals surface area contributed by atoms with Crippen LogP contribution in [-0.4, -0.2) is 39.6 Å². The fourth-order valence-corrected chi connectivity index (χ4v) is 2.92. The molecule has 1 fully saturated rings. The predicted octanol–water partition coefficient (Wildman–Crippen LogP) is 3.20. The smallest absolute Gasteiger partial charge is 0.433 e. The van der Waals surface area contributed by atoms with E-state index in [0.717, 1.165) is 24.6 Å². The van der Waals surface area contributed by atoms with Crippen molar-refractivity contribution in [1.29, 1.82) is 0 Å². The second kappa shape index (κ2) is 7.43. The van der Waals surface area contributed by atoms with Crippen LogP contribution in [0.4, 0.5) is 19.0 Å². The van der Waals surface area contributed by atoms with Gasteiger partial charge >= 0.3 is 6.18 Å². The van der Waals surface area contributed by atoms with E-state index in [9.17, 15) is 13.2 Å². The summed E-state index contributed by atoms with van der Waals surface area (Å²) in [5, 5.41) is 0. The van der Waals surface area contributed by atoms with Crippen molar-refractivity contribution in [3.8, 4) is 5.88 Å². The normalized spacial score (nSPS) is 16.0. The van der Waals surface area contributed by atoms with Crippen LogP contribution in [0.2, 0.25) is 0 Å². The van der Waals surface area contributed by atoms with Crippen LogP contribution in [-0.2, 0) is 6.18 Å². The van der Waals surface area contributed by atoms with Crippen molar-refractivity contribution in [1.82, 2.24) is 19.9 Å². The third kappa shape index (κ3) is 4.39. The molecule has 0 unspecified atom stereocenters. The Labute approximate surface area is 149 Å². The highest BCUT2D eigenvalue weighted by molar-refractivity contribution is 5.41. The Hall–Kier alpha value is -2.45. The van der Waals surface area contributed by atoms with Crippen molar-refractivity contribution in [2.75, 3.05) is 24.6 Å². The fraction of sp³-hybridized carbons (Fsp3) is 0.529. The van der Waals surface area contributed by atoms with E-state index in [0.29, 0.717) is 37.3 Å². The first-order chi connectivity index (χ1) is 12.3. The number of piperidine rings is 1. The van der Waals surface area contributed by atoms with Gasteiger partial charge in [0.15, 0.2) is 0 Å². The third-order valence-electron chi connectivity index (χ3n) is 4.35. The van der Waals surface area contributed by atoms with Gasteiger partial charge in [-0.25, -0.2) is 15.0 Å². The number of hydrogen-bond donors (Lipinski definition) is 0. The Bertz CT molecular complexity index is 760. The molecule has 3 rings (SSSR count). The maximum absolute atomic E-state index is 12.9. The molecular formula is C17H20F3N5O. The van der Waals surface area contributed by atoms with Gasteiger partial charge in [-0.05, 0) is 32.6 Å². The number of rotatable bonds is 4. The molecular weight excluding hydrogens is 347 g/mol. The maximum Gasteiger partial charge on any atom is 0.433 e. The summed E-state index contributed by atoms with van der Waals surface area (Å²) >= 11 is 0. The Morgan fingerprint density at radius 1 is 1.12 bits per heavy atom. The van der Waals surface area contributed by atoms with Crippen LogP contribution < -0.4 is 9.64 Å². The van der Waals surface area contributed by atoms with Gasteiger partial charge in [0.05, 0.1) is 12.3 Å². The SMILES string of the molecule is Cc1nc(N2CCC(COc3nccnc3C)CC2)cc(C(F)(F)F)n1. The number of alkyl halides is 3. The Morgan fingerprint density at radius 2 is 1.81 bits per heavy atom. The Balaban J connectivity index is 1.59. The lowest BCUT2D eigenvalue weighted by Gasteiger charge is -2.33. The summed E-state index contributed by atoms with van der Waals surface area (Å²) in [6, 6.07) is 1.02. The van der Waals surface area contributed by atoms with Crippen LogP contribution in [0.3, 0.4) is 0 Å². The quantitative estimate of drug-likeness (QED) is 0.827. The molecule has 0 bridgehead atoms. The monoisotopic (exact) mass is 367 g/mol. The number of halogens is 3. The first-order valence-corrected chi connectivity index (χ1v) is 8.41. The zero-order valence-electron chi connectivity index (χ0n) is 14.6. The first kappa shape index (κ1) is 18.3. The van der Waals surface area contributed by atoms with Gasteiger partial charge in [-0.15, -0.1) is 0 Å². The molecule has 6 nitrogen and oxygen atoms in total. The van der Waals surface area contributed by atoms with Gasteiger partial charge in [-0.1, -0.05) is 0 Å². The average molecular weight is 367 g/mol. The molecule has 2 aromatic rings. The zero-order chi connectivity index (χ0) is 18.7. The predicted molar refractivity (Wildman–Crippen MR) is 89.0 cm³/mol. The zero-order valence-corrected chi connectivity index (χ0v) is 14.6. The molecule has 0 aromatic carbocycles. The van der Waals surface area contributed by atoms with Crippen molar-refractivity contribution >= 4 is 5.82 Å². The van der Waals surface area contributed by atoms with E-state index in [1.807, 2.05) is 11.8 Å². The van der Waals surface area contributed by atoms with E-state index in [2.05, 4.69) is 19.9 Å². The van der Waals surface area contributed by atoms with Crippen molar-refractivity contribution in [2.45, 2.75) is 32.9 Å². The highest BCUT2D eigenvalue weighted by Gasteiger charge is 2.34. The lowest BCUT2D eigenvalue weighted by atomic mass is 9.98. The molecule has 1 aliphatic heterocycles. The van der Waals surface area contributed by atoms with Crippen LogP contribution in [0.5, 0.6) is 5.88 Å². The number of ether oxygens (including phenoxy) is 1. The van der Waals surface area contributed by atoms with Crippen molar-refractivity contribution in [3.63, 3.8) is 0 Å². The molecule has 3 heterocycles. The minimum Gasteiger partial charge on any atom is -0.476 e. The van der Waals surface area contributed by atoms with Gasteiger partial charge in [0.25, 0.3) is 0 Å². The van der Waals surface area contributed by atoms with Crippen molar-refractivity contribution in [3.05, 3.63) is 35.7 Å². The van der Waals surface area contributed by atoms with E-state index in [4.69, 9.17) is 4.74 Å². The first-order valence-electron chi connectivity index (χ1n) is 8.41. The average Bonchev–Trinajstić information content (AvgIpc) is 2.60. The second-order valence-electron chi connectivity index (χ2n) is 6.34. The Morgan fingerprint density at radius 3 is 2.46 bits per heavy atom. The van der Waals surface area contributed by atoms with E-state index in [1.165, 1.54) is 6.92 Å². The molecule has 0 amide bonds. The van der Waals surface area contributed by atoms with Gasteiger partial charge in [0.2, 0.25) is 5.88 Å². The highest BCUT2D eigenvalue weighted by atomic mass is 19.4. The van der Waals surface area contributed by atoms with E-state index >= 15 is 0 Å². The molecule has 0 radical (unpaired) electrons. The van der Waals surface area contributed by atoms with Crippen LogP contribution in [0, 0.1) is 19.8 Å². The molecule has 0 N–H and O–H groups in total. The molecule has 26 heavy (non-hydrogen) atoms.